The summed E-state index contributed by atoms with van der Waals surface area (Å²) in [6, 6.07) is 9.69. The molecule has 0 unspecified atom stereocenters. The van der Waals surface area contributed by atoms with Crippen LogP contribution in [0.3, 0.4) is 0 Å². The highest BCUT2D eigenvalue weighted by Gasteiger charge is 2.52. The summed E-state index contributed by atoms with van der Waals surface area (Å²) in [6.07, 6.45) is 6.40. The molecular weight excluding hydrogens is 308 g/mol. The van der Waals surface area contributed by atoms with Crippen LogP contribution in [0.5, 0.6) is 0 Å². The van der Waals surface area contributed by atoms with Crippen molar-refractivity contribution in [2.45, 2.75) is 54.6 Å². The molecule has 5 rings (SSSR count). The summed E-state index contributed by atoms with van der Waals surface area (Å²) >= 11 is 1.76. The number of hydrogen-bond acceptors (Lipinski definition) is 3. The molecule has 23 heavy (non-hydrogen) atoms. The molecule has 2 N–H and O–H groups in total. The smallest absolute Gasteiger partial charge is 0.334 e. The molecule has 4 fully saturated rings. The highest BCUT2D eigenvalue weighted by atomic mass is 32.2. The Morgan fingerprint density at radius 1 is 1.04 bits per heavy atom. The number of carbonyl (C=O) groups is 1. The predicted molar refractivity (Wildman–Crippen MR) is 91.3 cm³/mol. The van der Waals surface area contributed by atoms with Crippen LogP contribution in [0.15, 0.2) is 30.3 Å². The Morgan fingerprint density at radius 3 is 2.04 bits per heavy atom. The van der Waals surface area contributed by atoms with Gasteiger partial charge < -0.3 is 10.2 Å². The zero-order valence-corrected chi connectivity index (χ0v) is 14.0. The Kier molecular flexibility index (Phi) is 3.93. The van der Waals surface area contributed by atoms with Crippen molar-refractivity contribution >= 4 is 17.7 Å². The van der Waals surface area contributed by atoms with E-state index in [4.69, 9.17) is 0 Å². The molecule has 0 heterocycles. The van der Waals surface area contributed by atoms with Crippen molar-refractivity contribution in [3.8, 4) is 0 Å². The van der Waals surface area contributed by atoms with Gasteiger partial charge in [-0.15, -0.1) is 11.8 Å². The third kappa shape index (κ3) is 2.91. The fourth-order valence-corrected chi connectivity index (χ4v) is 7.60. The summed E-state index contributed by atoms with van der Waals surface area (Å²) in [5.74, 6) is 1.36. The second-order valence-electron chi connectivity index (χ2n) is 7.83. The van der Waals surface area contributed by atoms with E-state index in [9.17, 15) is 15.0 Å². The zero-order chi connectivity index (χ0) is 16.0. The van der Waals surface area contributed by atoms with Gasteiger partial charge in [-0.3, -0.25) is 0 Å². The third-order valence-electron chi connectivity index (χ3n) is 6.03. The fraction of sp³-hybridized carbons (Fsp3) is 0.632. The molecule has 0 aliphatic heterocycles. The topological polar surface area (TPSA) is 57.5 Å². The first-order valence-electron chi connectivity index (χ1n) is 8.68. The second kappa shape index (κ2) is 5.82. The molecule has 0 radical (unpaired) electrons. The first kappa shape index (κ1) is 15.5. The van der Waals surface area contributed by atoms with E-state index in [2.05, 4.69) is 0 Å². The SMILES string of the molecule is O=C(O)[C@@H](O)[C@H](SC12CC3CC(CC(C3)C1)C2)c1ccccc1. The minimum atomic E-state index is -1.34. The molecular formula is C19H24O3S. The van der Waals surface area contributed by atoms with E-state index in [0.717, 1.165) is 23.3 Å². The van der Waals surface area contributed by atoms with Gasteiger partial charge in [0.1, 0.15) is 0 Å². The van der Waals surface area contributed by atoms with E-state index in [-0.39, 0.29) is 10.00 Å². The highest BCUT2D eigenvalue weighted by molar-refractivity contribution is 8.01. The Balaban J connectivity index is 1.62. The molecule has 4 heteroatoms. The van der Waals surface area contributed by atoms with E-state index in [1.54, 1.807) is 11.8 Å². The van der Waals surface area contributed by atoms with Crippen LogP contribution in [0, 0.1) is 17.8 Å². The van der Waals surface area contributed by atoms with Gasteiger partial charge in [-0.25, -0.2) is 4.79 Å². The number of carboxylic acid groups (broad SMARTS) is 1. The average molecular weight is 332 g/mol. The Hall–Kier alpha value is -1.00. The molecule has 0 saturated heterocycles. The van der Waals surface area contributed by atoms with Crippen LogP contribution in [0.2, 0.25) is 0 Å². The molecule has 2 atom stereocenters. The summed E-state index contributed by atoms with van der Waals surface area (Å²) in [4.78, 5) is 11.4. The van der Waals surface area contributed by atoms with E-state index in [0.29, 0.717) is 0 Å². The summed E-state index contributed by atoms with van der Waals surface area (Å²) < 4.78 is 0.186. The summed E-state index contributed by atoms with van der Waals surface area (Å²) in [6.45, 7) is 0. The van der Waals surface area contributed by atoms with Crippen molar-refractivity contribution in [2.75, 3.05) is 0 Å². The molecule has 4 aliphatic rings. The van der Waals surface area contributed by atoms with Crippen molar-refractivity contribution in [3.63, 3.8) is 0 Å². The van der Waals surface area contributed by atoms with Crippen LogP contribution in [0.1, 0.15) is 49.3 Å². The lowest BCUT2D eigenvalue weighted by molar-refractivity contribution is -0.146. The number of thioether (sulfide) groups is 1. The number of aliphatic hydroxyl groups excluding tert-OH is 1. The highest BCUT2D eigenvalue weighted by Crippen LogP contribution is 2.63. The van der Waals surface area contributed by atoms with Crippen LogP contribution in [0.25, 0.3) is 0 Å². The van der Waals surface area contributed by atoms with Crippen LogP contribution >= 0.6 is 11.8 Å². The minimum Gasteiger partial charge on any atom is -0.479 e. The molecule has 1 aromatic rings. The first-order chi connectivity index (χ1) is 11.0. The van der Waals surface area contributed by atoms with E-state index in [1.807, 2.05) is 30.3 Å². The number of rotatable bonds is 5. The number of carboxylic acids is 1. The maximum Gasteiger partial charge on any atom is 0.334 e. The molecule has 4 bridgehead atoms. The van der Waals surface area contributed by atoms with Crippen LogP contribution in [-0.4, -0.2) is 27.0 Å². The lowest BCUT2D eigenvalue weighted by Gasteiger charge is -2.57. The monoisotopic (exact) mass is 332 g/mol. The largest absolute Gasteiger partial charge is 0.479 e. The van der Waals surface area contributed by atoms with E-state index in [1.165, 1.54) is 38.5 Å². The van der Waals surface area contributed by atoms with Gasteiger partial charge in [0.05, 0.1) is 5.25 Å². The van der Waals surface area contributed by atoms with Gasteiger partial charge in [-0.05, 0) is 61.8 Å². The average Bonchev–Trinajstić information content (AvgIpc) is 2.51. The molecule has 0 aromatic heterocycles. The third-order valence-corrected chi connectivity index (χ3v) is 7.81. The lowest BCUT2D eigenvalue weighted by atomic mass is 9.56. The van der Waals surface area contributed by atoms with Crippen molar-refractivity contribution in [1.29, 1.82) is 0 Å². The van der Waals surface area contributed by atoms with Crippen LogP contribution in [0.4, 0.5) is 0 Å². The van der Waals surface area contributed by atoms with Crippen LogP contribution < -0.4 is 0 Å². The van der Waals surface area contributed by atoms with Crippen molar-refractivity contribution in [1.82, 2.24) is 0 Å². The van der Waals surface area contributed by atoms with Gasteiger partial charge in [-0.1, -0.05) is 30.3 Å². The molecule has 4 aliphatic carbocycles. The molecule has 124 valence electrons. The number of aliphatic carboxylic acids is 1. The van der Waals surface area contributed by atoms with Gasteiger partial charge >= 0.3 is 5.97 Å². The molecule has 4 saturated carbocycles. The summed E-state index contributed by atoms with van der Waals surface area (Å²) in [7, 11) is 0. The Labute approximate surface area is 141 Å². The van der Waals surface area contributed by atoms with Gasteiger partial charge in [0.25, 0.3) is 0 Å². The first-order valence-corrected chi connectivity index (χ1v) is 9.56. The summed E-state index contributed by atoms with van der Waals surface area (Å²) in [5.41, 5.74) is 0.933. The second-order valence-corrected chi connectivity index (χ2v) is 9.44. The molecule has 0 amide bonds. The Bertz CT molecular complexity index is 550. The molecule has 1 aromatic carbocycles. The maximum atomic E-state index is 11.4. The van der Waals surface area contributed by atoms with Crippen LogP contribution in [-0.2, 0) is 4.79 Å². The van der Waals surface area contributed by atoms with E-state index < -0.39 is 12.1 Å². The van der Waals surface area contributed by atoms with Gasteiger partial charge in [0.2, 0.25) is 0 Å². The van der Waals surface area contributed by atoms with Crippen molar-refractivity contribution in [3.05, 3.63) is 35.9 Å². The normalized spacial score (nSPS) is 37.5. The minimum absolute atomic E-state index is 0.186. The predicted octanol–water partition coefficient (Wildman–Crippen LogP) is 3.88. The van der Waals surface area contributed by atoms with Crippen molar-refractivity contribution < 1.29 is 15.0 Å². The fourth-order valence-electron chi connectivity index (χ4n) is 5.53. The standard InChI is InChI=1S/C19H24O3S/c20-16(18(21)22)17(15-4-2-1-3-5-15)23-19-9-12-6-13(10-19)8-14(7-12)11-19/h1-5,12-14,16-17,20H,6-11H2,(H,21,22)/t12?,13?,14?,16-,17+,19?/m0/s1. The van der Waals surface area contributed by atoms with Crippen molar-refractivity contribution in [2.24, 2.45) is 17.8 Å². The zero-order valence-electron chi connectivity index (χ0n) is 13.2. The van der Waals surface area contributed by atoms with Gasteiger partial charge in [0.15, 0.2) is 6.10 Å². The molecule has 3 nitrogen and oxygen atoms in total. The number of hydrogen-bond donors (Lipinski definition) is 2. The Morgan fingerprint density at radius 2 is 1.57 bits per heavy atom. The summed E-state index contributed by atoms with van der Waals surface area (Å²) in [5, 5.41) is 19.3. The van der Waals surface area contributed by atoms with E-state index >= 15 is 0 Å². The number of aliphatic hydroxyl groups is 1. The van der Waals surface area contributed by atoms with Gasteiger partial charge in [-0.2, -0.15) is 0 Å². The maximum absolute atomic E-state index is 11.4. The lowest BCUT2D eigenvalue weighted by Crippen LogP contribution is -2.49. The van der Waals surface area contributed by atoms with Gasteiger partial charge in [0, 0.05) is 4.75 Å². The quantitative estimate of drug-likeness (QED) is 0.859. The number of benzene rings is 1. The molecule has 0 spiro atoms.